The summed E-state index contributed by atoms with van der Waals surface area (Å²) in [5.41, 5.74) is 1.55. The third-order valence-corrected chi connectivity index (χ3v) is 4.03. The Bertz CT molecular complexity index is 597. The normalized spacial score (nSPS) is 12.4. The largest absolute Gasteiger partial charge is 0.435 e. The van der Waals surface area contributed by atoms with E-state index in [1.165, 1.54) is 24.3 Å². The van der Waals surface area contributed by atoms with Gasteiger partial charge in [-0.3, -0.25) is 4.21 Å². The molecule has 0 aliphatic carbocycles. The molecule has 2 nitrogen and oxygen atoms in total. The fourth-order valence-electron chi connectivity index (χ4n) is 1.77. The molecule has 0 fully saturated rings. The van der Waals surface area contributed by atoms with Crippen molar-refractivity contribution in [1.82, 2.24) is 0 Å². The molecule has 2 aromatic carbocycles. The molecule has 1 atom stereocenters. The van der Waals surface area contributed by atoms with Crippen molar-refractivity contribution in [2.24, 2.45) is 0 Å². The van der Waals surface area contributed by atoms with Crippen LogP contribution in [0.15, 0.2) is 48.5 Å². The van der Waals surface area contributed by atoms with E-state index in [-0.39, 0.29) is 11.6 Å². The SMILES string of the molecule is O=S(Cc1ccc(F)cc1)Cc1ccc(OC(F)F)cc1. The maximum atomic E-state index is 12.8. The molecular weight excluding hydrogens is 301 g/mol. The van der Waals surface area contributed by atoms with Crippen LogP contribution in [0.4, 0.5) is 13.2 Å². The standard InChI is InChI=1S/C15H13F3O2S/c16-13-5-1-11(2-6-13)9-21(19)10-12-3-7-14(8-4-12)20-15(17)18/h1-8,15H,9-10H2. The molecule has 0 heterocycles. The van der Waals surface area contributed by atoms with Gasteiger partial charge in [-0.15, -0.1) is 0 Å². The Kier molecular flexibility index (Phi) is 5.38. The molecule has 2 rings (SSSR count). The van der Waals surface area contributed by atoms with Crippen LogP contribution < -0.4 is 4.74 Å². The highest BCUT2D eigenvalue weighted by Gasteiger charge is 2.06. The maximum absolute atomic E-state index is 12.8. The van der Waals surface area contributed by atoms with Crippen molar-refractivity contribution in [3.05, 3.63) is 65.5 Å². The molecule has 6 heteroatoms. The fourth-order valence-corrected chi connectivity index (χ4v) is 3.00. The Morgan fingerprint density at radius 2 is 1.38 bits per heavy atom. The summed E-state index contributed by atoms with van der Waals surface area (Å²) >= 11 is 0. The van der Waals surface area contributed by atoms with Crippen molar-refractivity contribution < 1.29 is 22.1 Å². The summed E-state index contributed by atoms with van der Waals surface area (Å²) < 4.78 is 53.0. The van der Waals surface area contributed by atoms with E-state index in [4.69, 9.17) is 0 Å². The first-order chi connectivity index (χ1) is 10.0. The number of hydrogen-bond acceptors (Lipinski definition) is 2. The van der Waals surface area contributed by atoms with Gasteiger partial charge in [0.25, 0.3) is 0 Å². The number of benzene rings is 2. The predicted octanol–water partition coefficient (Wildman–Crippen LogP) is 3.88. The zero-order valence-electron chi connectivity index (χ0n) is 11.0. The lowest BCUT2D eigenvalue weighted by molar-refractivity contribution is -0.0498. The van der Waals surface area contributed by atoms with Crippen LogP contribution in [0.2, 0.25) is 0 Å². The Hall–Kier alpha value is -1.82. The molecule has 112 valence electrons. The van der Waals surface area contributed by atoms with Crippen LogP contribution >= 0.6 is 0 Å². The van der Waals surface area contributed by atoms with Crippen molar-refractivity contribution in [3.63, 3.8) is 0 Å². The number of ether oxygens (including phenoxy) is 1. The molecule has 0 amide bonds. The molecule has 0 saturated carbocycles. The first-order valence-electron chi connectivity index (χ1n) is 6.16. The van der Waals surface area contributed by atoms with Crippen molar-refractivity contribution in [2.75, 3.05) is 0 Å². The lowest BCUT2D eigenvalue weighted by Gasteiger charge is -2.06. The van der Waals surface area contributed by atoms with Gasteiger partial charge in [-0.05, 0) is 35.4 Å². The van der Waals surface area contributed by atoms with Gasteiger partial charge in [-0.25, -0.2) is 4.39 Å². The van der Waals surface area contributed by atoms with Gasteiger partial charge in [0, 0.05) is 22.3 Å². The number of hydrogen-bond donors (Lipinski definition) is 0. The Morgan fingerprint density at radius 1 is 0.905 bits per heavy atom. The second-order valence-electron chi connectivity index (χ2n) is 4.38. The summed E-state index contributed by atoms with van der Waals surface area (Å²) in [5, 5.41) is 0. The Morgan fingerprint density at radius 3 is 1.86 bits per heavy atom. The molecular formula is C15H13F3O2S. The number of alkyl halides is 2. The van der Waals surface area contributed by atoms with Crippen LogP contribution in [0.1, 0.15) is 11.1 Å². The summed E-state index contributed by atoms with van der Waals surface area (Å²) in [6.45, 7) is -2.86. The molecule has 0 aromatic heterocycles. The van der Waals surface area contributed by atoms with Gasteiger partial charge >= 0.3 is 6.61 Å². The van der Waals surface area contributed by atoms with E-state index >= 15 is 0 Å². The van der Waals surface area contributed by atoms with Gasteiger partial charge in [-0.2, -0.15) is 8.78 Å². The van der Waals surface area contributed by atoms with Crippen LogP contribution in [0.3, 0.4) is 0 Å². The molecule has 0 saturated heterocycles. The van der Waals surface area contributed by atoms with E-state index in [1.807, 2.05) is 0 Å². The zero-order valence-corrected chi connectivity index (χ0v) is 11.8. The highest BCUT2D eigenvalue weighted by atomic mass is 32.2. The topological polar surface area (TPSA) is 26.3 Å². The third-order valence-electron chi connectivity index (χ3n) is 2.72. The van der Waals surface area contributed by atoms with E-state index in [0.717, 1.165) is 11.1 Å². The Balaban J connectivity index is 1.91. The molecule has 0 spiro atoms. The summed E-state index contributed by atoms with van der Waals surface area (Å²) in [6.07, 6.45) is 0. The first kappa shape index (κ1) is 15.6. The first-order valence-corrected chi connectivity index (χ1v) is 7.65. The van der Waals surface area contributed by atoms with Gasteiger partial charge in [0.15, 0.2) is 0 Å². The van der Waals surface area contributed by atoms with Crippen molar-refractivity contribution in [2.45, 2.75) is 18.1 Å². The maximum Gasteiger partial charge on any atom is 0.387 e. The van der Waals surface area contributed by atoms with Crippen LogP contribution in [-0.2, 0) is 22.3 Å². The zero-order chi connectivity index (χ0) is 15.2. The number of rotatable bonds is 6. The van der Waals surface area contributed by atoms with Crippen LogP contribution in [0.25, 0.3) is 0 Å². The Labute approximate surface area is 123 Å². The molecule has 21 heavy (non-hydrogen) atoms. The molecule has 0 N–H and O–H groups in total. The van der Waals surface area contributed by atoms with Crippen molar-refractivity contribution in [1.29, 1.82) is 0 Å². The van der Waals surface area contributed by atoms with Gasteiger partial charge < -0.3 is 4.74 Å². The third kappa shape index (κ3) is 5.23. The summed E-state index contributed by atoms with van der Waals surface area (Å²) in [5.74, 6) is 0.347. The van der Waals surface area contributed by atoms with Crippen molar-refractivity contribution >= 4 is 10.8 Å². The average molecular weight is 314 g/mol. The van der Waals surface area contributed by atoms with Crippen molar-refractivity contribution in [3.8, 4) is 5.75 Å². The van der Waals surface area contributed by atoms with E-state index in [1.54, 1.807) is 24.3 Å². The molecule has 1 unspecified atom stereocenters. The minimum Gasteiger partial charge on any atom is -0.435 e. The minimum atomic E-state index is -2.86. The number of halogens is 3. The molecule has 0 radical (unpaired) electrons. The van der Waals surface area contributed by atoms with E-state index in [9.17, 15) is 17.4 Å². The lowest BCUT2D eigenvalue weighted by atomic mass is 10.2. The van der Waals surface area contributed by atoms with Gasteiger partial charge in [0.1, 0.15) is 11.6 Å². The summed E-state index contributed by atoms with van der Waals surface area (Å²) in [6, 6.07) is 11.8. The summed E-state index contributed by atoms with van der Waals surface area (Å²) in [4.78, 5) is 0. The van der Waals surface area contributed by atoms with Gasteiger partial charge in [0.2, 0.25) is 0 Å². The van der Waals surface area contributed by atoms with E-state index in [0.29, 0.717) is 11.5 Å². The fraction of sp³-hybridized carbons (Fsp3) is 0.200. The van der Waals surface area contributed by atoms with Crippen LogP contribution in [-0.4, -0.2) is 10.8 Å². The molecule has 2 aromatic rings. The second-order valence-corrected chi connectivity index (χ2v) is 5.83. The summed E-state index contributed by atoms with van der Waals surface area (Å²) in [7, 11) is -1.16. The molecule has 0 aliphatic rings. The van der Waals surface area contributed by atoms with E-state index in [2.05, 4.69) is 4.74 Å². The lowest BCUT2D eigenvalue weighted by Crippen LogP contribution is -2.02. The monoisotopic (exact) mass is 314 g/mol. The van der Waals surface area contributed by atoms with E-state index < -0.39 is 17.4 Å². The molecule has 0 aliphatic heterocycles. The smallest absolute Gasteiger partial charge is 0.387 e. The highest BCUT2D eigenvalue weighted by molar-refractivity contribution is 7.83. The predicted molar refractivity (Wildman–Crippen MR) is 75.0 cm³/mol. The highest BCUT2D eigenvalue weighted by Crippen LogP contribution is 2.16. The van der Waals surface area contributed by atoms with Crippen LogP contribution in [0.5, 0.6) is 5.75 Å². The second kappa shape index (κ2) is 7.26. The average Bonchev–Trinajstić information content (AvgIpc) is 2.43. The minimum absolute atomic E-state index is 0.0677. The van der Waals surface area contributed by atoms with Gasteiger partial charge in [0.05, 0.1) is 0 Å². The quantitative estimate of drug-likeness (QED) is 0.809. The van der Waals surface area contributed by atoms with Gasteiger partial charge in [-0.1, -0.05) is 24.3 Å². The molecule has 0 bridgehead atoms. The van der Waals surface area contributed by atoms with Crippen LogP contribution in [0, 0.1) is 5.82 Å².